The van der Waals surface area contributed by atoms with Crippen LogP contribution in [0.1, 0.15) is 39.4 Å². The normalized spacial score (nSPS) is 13.3. The second kappa shape index (κ2) is 10.9. The lowest BCUT2D eigenvalue weighted by Gasteiger charge is -2.17. The van der Waals surface area contributed by atoms with Crippen LogP contribution in [0.5, 0.6) is 0 Å². The number of rotatable bonds is 10. The zero-order valence-corrected chi connectivity index (χ0v) is 16.3. The molecule has 1 aromatic heterocycles. The molecule has 0 bridgehead atoms. The Bertz CT molecular complexity index is 646. The third-order valence-corrected chi connectivity index (χ3v) is 4.33. The van der Waals surface area contributed by atoms with Gasteiger partial charge in [0, 0.05) is 38.0 Å². The number of hydrogen-bond acceptors (Lipinski definition) is 3. The molecule has 5 heteroatoms. The highest BCUT2D eigenvalue weighted by Gasteiger charge is 2.11. The number of hydrogen-bond donors (Lipinski definition) is 3. The minimum Gasteiger partial charge on any atom is -0.461 e. The number of benzene rings is 1. The number of aliphatic imine (C=N–C) groups is 1. The highest BCUT2D eigenvalue weighted by Crippen LogP contribution is 2.19. The van der Waals surface area contributed by atoms with E-state index in [1.165, 1.54) is 0 Å². The van der Waals surface area contributed by atoms with Gasteiger partial charge in [-0.3, -0.25) is 4.99 Å². The summed E-state index contributed by atoms with van der Waals surface area (Å²) in [4.78, 5) is 4.71. The van der Waals surface area contributed by atoms with Crippen LogP contribution in [0.25, 0.3) is 11.0 Å². The zero-order valence-electron chi connectivity index (χ0n) is 16.3. The van der Waals surface area contributed by atoms with Gasteiger partial charge in [0.15, 0.2) is 5.96 Å². The van der Waals surface area contributed by atoms with Crippen molar-refractivity contribution in [1.29, 1.82) is 0 Å². The Hall–Kier alpha value is -2.01. The first kappa shape index (κ1) is 20.3. The molecule has 0 saturated carbocycles. The van der Waals surface area contributed by atoms with E-state index in [9.17, 15) is 5.11 Å². The molecule has 5 nitrogen and oxygen atoms in total. The van der Waals surface area contributed by atoms with Crippen molar-refractivity contribution in [2.45, 2.75) is 40.0 Å². The Morgan fingerprint density at radius 1 is 1.23 bits per heavy atom. The number of guanidine groups is 1. The van der Waals surface area contributed by atoms with Crippen LogP contribution in [0, 0.1) is 11.8 Å². The first-order valence-corrected chi connectivity index (χ1v) is 9.72. The highest BCUT2D eigenvalue weighted by atomic mass is 16.3. The molecule has 0 saturated heterocycles. The number of aliphatic hydroxyl groups excluding tert-OH is 1. The third kappa shape index (κ3) is 6.71. The molecule has 1 aromatic carbocycles. The Kier molecular flexibility index (Phi) is 8.48. The zero-order chi connectivity index (χ0) is 18.8. The van der Waals surface area contributed by atoms with Gasteiger partial charge in [-0.1, -0.05) is 32.0 Å². The molecule has 0 aliphatic heterocycles. The van der Waals surface area contributed by atoms with Crippen molar-refractivity contribution >= 4 is 16.9 Å². The van der Waals surface area contributed by atoms with Crippen molar-refractivity contribution in [3.63, 3.8) is 0 Å². The summed E-state index contributed by atoms with van der Waals surface area (Å²) in [6.45, 7) is 9.04. The minimum absolute atomic E-state index is 0.225. The summed E-state index contributed by atoms with van der Waals surface area (Å²) in [5.41, 5.74) is 0.934. The average molecular weight is 360 g/mol. The predicted molar refractivity (Wildman–Crippen MR) is 109 cm³/mol. The molecule has 0 aliphatic rings. The minimum atomic E-state index is 0.225. The Morgan fingerprint density at radius 3 is 2.73 bits per heavy atom. The van der Waals surface area contributed by atoms with Gasteiger partial charge in [-0.15, -0.1) is 0 Å². The summed E-state index contributed by atoms with van der Waals surface area (Å²) in [5, 5.41) is 17.1. The molecule has 1 heterocycles. The molecule has 3 N–H and O–H groups in total. The summed E-state index contributed by atoms with van der Waals surface area (Å²) < 4.78 is 5.86. The standard InChI is InChI=1S/C21H33N3O2/c1-4-22-21(24-15-17(10-12-25)13-16(2)3)23-11-9-19-14-18-7-5-6-8-20(18)26-19/h5-8,14,16-17,25H,4,9-13,15H2,1-3H3,(H2,22,23,24). The molecule has 144 valence electrons. The third-order valence-electron chi connectivity index (χ3n) is 4.33. The topological polar surface area (TPSA) is 69.8 Å². The van der Waals surface area contributed by atoms with E-state index in [2.05, 4.69) is 43.5 Å². The fourth-order valence-corrected chi connectivity index (χ4v) is 3.16. The lowest BCUT2D eigenvalue weighted by Crippen LogP contribution is -2.38. The quantitative estimate of drug-likeness (QED) is 0.448. The van der Waals surface area contributed by atoms with Gasteiger partial charge >= 0.3 is 0 Å². The van der Waals surface area contributed by atoms with Crippen LogP contribution >= 0.6 is 0 Å². The number of para-hydroxylation sites is 1. The fraction of sp³-hybridized carbons (Fsp3) is 0.571. The Morgan fingerprint density at radius 2 is 2.04 bits per heavy atom. The maximum Gasteiger partial charge on any atom is 0.191 e. The molecular weight excluding hydrogens is 326 g/mol. The number of aliphatic hydroxyl groups is 1. The highest BCUT2D eigenvalue weighted by molar-refractivity contribution is 5.80. The van der Waals surface area contributed by atoms with Crippen LogP contribution in [0.15, 0.2) is 39.7 Å². The summed E-state index contributed by atoms with van der Waals surface area (Å²) in [6.07, 6.45) is 2.70. The summed E-state index contributed by atoms with van der Waals surface area (Å²) >= 11 is 0. The van der Waals surface area contributed by atoms with Gasteiger partial charge in [0.05, 0.1) is 0 Å². The Balaban J connectivity index is 1.87. The van der Waals surface area contributed by atoms with E-state index < -0.39 is 0 Å². The number of nitrogens with one attached hydrogen (secondary N) is 2. The molecule has 26 heavy (non-hydrogen) atoms. The molecule has 0 amide bonds. The van der Waals surface area contributed by atoms with Gasteiger partial charge in [0.1, 0.15) is 11.3 Å². The largest absolute Gasteiger partial charge is 0.461 e. The monoisotopic (exact) mass is 359 g/mol. The van der Waals surface area contributed by atoms with Gasteiger partial charge in [-0.2, -0.15) is 0 Å². The van der Waals surface area contributed by atoms with Crippen molar-refractivity contribution in [2.75, 3.05) is 26.2 Å². The van der Waals surface area contributed by atoms with Gasteiger partial charge < -0.3 is 20.2 Å². The van der Waals surface area contributed by atoms with Crippen LogP contribution in [0.4, 0.5) is 0 Å². The van der Waals surface area contributed by atoms with Crippen molar-refractivity contribution in [3.05, 3.63) is 36.1 Å². The van der Waals surface area contributed by atoms with Crippen molar-refractivity contribution in [3.8, 4) is 0 Å². The molecular formula is C21H33N3O2. The number of furan rings is 1. The molecule has 0 radical (unpaired) electrons. The maximum atomic E-state index is 9.26. The molecule has 0 spiro atoms. The van der Waals surface area contributed by atoms with Crippen LogP contribution in [-0.4, -0.2) is 37.3 Å². The van der Waals surface area contributed by atoms with E-state index in [-0.39, 0.29) is 6.61 Å². The lowest BCUT2D eigenvalue weighted by molar-refractivity contribution is 0.245. The summed E-state index contributed by atoms with van der Waals surface area (Å²) in [6, 6.07) is 10.2. The molecule has 0 fully saturated rings. The van der Waals surface area contributed by atoms with Crippen molar-refractivity contribution in [1.82, 2.24) is 10.6 Å². The lowest BCUT2D eigenvalue weighted by atomic mass is 9.94. The van der Waals surface area contributed by atoms with Crippen LogP contribution in [-0.2, 0) is 6.42 Å². The van der Waals surface area contributed by atoms with E-state index in [1.807, 2.05) is 18.2 Å². The Labute approximate surface area is 156 Å². The van der Waals surface area contributed by atoms with Gasteiger partial charge in [-0.05, 0) is 43.7 Å². The molecule has 2 aromatic rings. The second-order valence-corrected chi connectivity index (χ2v) is 7.15. The second-order valence-electron chi connectivity index (χ2n) is 7.15. The average Bonchev–Trinajstić information content (AvgIpc) is 3.02. The van der Waals surface area contributed by atoms with Crippen molar-refractivity contribution < 1.29 is 9.52 Å². The number of nitrogens with zero attached hydrogens (tertiary/aromatic N) is 1. The molecule has 2 rings (SSSR count). The van der Waals surface area contributed by atoms with Crippen LogP contribution in [0.3, 0.4) is 0 Å². The van der Waals surface area contributed by atoms with Gasteiger partial charge in [0.25, 0.3) is 0 Å². The van der Waals surface area contributed by atoms with E-state index in [4.69, 9.17) is 9.41 Å². The van der Waals surface area contributed by atoms with Gasteiger partial charge in [-0.25, -0.2) is 0 Å². The van der Waals surface area contributed by atoms with Gasteiger partial charge in [0.2, 0.25) is 0 Å². The van der Waals surface area contributed by atoms with Crippen molar-refractivity contribution in [2.24, 2.45) is 16.8 Å². The SMILES string of the molecule is CCNC(=NCC(CCO)CC(C)C)NCCc1cc2ccccc2o1. The number of fused-ring (bicyclic) bond motifs is 1. The van der Waals surface area contributed by atoms with Crippen LogP contribution in [0.2, 0.25) is 0 Å². The first-order chi connectivity index (χ1) is 12.6. The first-order valence-electron chi connectivity index (χ1n) is 9.72. The van der Waals surface area contributed by atoms with E-state index in [0.717, 1.165) is 61.6 Å². The molecule has 1 unspecified atom stereocenters. The maximum absolute atomic E-state index is 9.26. The van der Waals surface area contributed by atoms with E-state index in [0.29, 0.717) is 11.8 Å². The molecule has 1 atom stereocenters. The van der Waals surface area contributed by atoms with E-state index >= 15 is 0 Å². The summed E-state index contributed by atoms with van der Waals surface area (Å²) in [5.74, 6) is 2.85. The summed E-state index contributed by atoms with van der Waals surface area (Å²) in [7, 11) is 0. The molecule has 0 aliphatic carbocycles. The van der Waals surface area contributed by atoms with E-state index in [1.54, 1.807) is 0 Å². The fourth-order valence-electron chi connectivity index (χ4n) is 3.16. The van der Waals surface area contributed by atoms with Crippen LogP contribution < -0.4 is 10.6 Å². The smallest absolute Gasteiger partial charge is 0.191 e. The predicted octanol–water partition coefficient (Wildman–Crippen LogP) is 3.58.